The topological polar surface area (TPSA) is 57.0 Å². The number of thioether (sulfide) groups is 1. The molecule has 0 radical (unpaired) electrons. The maximum atomic E-state index is 12.0. The lowest BCUT2D eigenvalue weighted by molar-refractivity contribution is -0.141. The molecule has 0 saturated heterocycles. The fourth-order valence-corrected chi connectivity index (χ4v) is 3.30. The summed E-state index contributed by atoms with van der Waals surface area (Å²) in [5.41, 5.74) is 2.66. The third-order valence-electron chi connectivity index (χ3n) is 3.56. The normalized spacial score (nSPS) is 10.7. The van der Waals surface area contributed by atoms with Crippen molar-refractivity contribution < 1.29 is 9.53 Å². The van der Waals surface area contributed by atoms with Crippen molar-refractivity contribution in [3.8, 4) is 5.69 Å². The fraction of sp³-hybridized carbons (Fsp3) is 0.167. The number of ether oxygens (including phenoxy) is 1. The van der Waals surface area contributed by atoms with Crippen molar-refractivity contribution in [2.45, 2.75) is 18.7 Å². The van der Waals surface area contributed by atoms with Gasteiger partial charge in [-0.15, -0.1) is 10.2 Å². The minimum Gasteiger partial charge on any atom is -0.460 e. The molecule has 0 fully saturated rings. The number of hydrogen-bond donors (Lipinski definition) is 0. The number of aromatic nitrogens is 3. The van der Waals surface area contributed by atoms with Crippen LogP contribution in [0.5, 0.6) is 0 Å². The van der Waals surface area contributed by atoms with E-state index in [9.17, 15) is 4.79 Å². The zero-order valence-electron chi connectivity index (χ0n) is 13.9. The van der Waals surface area contributed by atoms with E-state index in [-0.39, 0.29) is 18.3 Å². The van der Waals surface area contributed by atoms with Gasteiger partial charge in [0.2, 0.25) is 0 Å². The van der Waals surface area contributed by atoms with Crippen molar-refractivity contribution in [2.75, 3.05) is 5.75 Å². The van der Waals surface area contributed by atoms with Crippen LogP contribution in [0.4, 0.5) is 0 Å². The van der Waals surface area contributed by atoms with E-state index in [0.29, 0.717) is 15.2 Å². The molecule has 134 valence electrons. The monoisotopic (exact) mass is 407 g/mol. The Morgan fingerprint density at radius 2 is 2.08 bits per heavy atom. The average Bonchev–Trinajstić information content (AvgIpc) is 3.09. The van der Waals surface area contributed by atoms with Crippen molar-refractivity contribution >= 4 is 40.9 Å². The van der Waals surface area contributed by atoms with Crippen molar-refractivity contribution in [3.63, 3.8) is 0 Å². The van der Waals surface area contributed by atoms with Crippen LogP contribution in [0.1, 0.15) is 11.1 Å². The number of nitrogens with zero attached hydrogens (tertiary/aromatic N) is 3. The van der Waals surface area contributed by atoms with Crippen LogP contribution >= 0.6 is 35.0 Å². The van der Waals surface area contributed by atoms with Crippen LogP contribution < -0.4 is 0 Å². The van der Waals surface area contributed by atoms with E-state index in [1.807, 2.05) is 37.3 Å². The molecule has 0 saturated carbocycles. The third-order valence-corrected chi connectivity index (χ3v) is 5.12. The van der Waals surface area contributed by atoms with Crippen molar-refractivity contribution in [3.05, 3.63) is 70.0 Å². The lowest BCUT2D eigenvalue weighted by atomic mass is 10.2. The zero-order valence-corrected chi connectivity index (χ0v) is 16.2. The van der Waals surface area contributed by atoms with Crippen LogP contribution in [-0.4, -0.2) is 26.5 Å². The molecule has 0 unspecified atom stereocenters. The van der Waals surface area contributed by atoms with Crippen LogP contribution in [0.2, 0.25) is 10.0 Å². The summed E-state index contributed by atoms with van der Waals surface area (Å²) in [7, 11) is 0. The van der Waals surface area contributed by atoms with Gasteiger partial charge in [-0.25, -0.2) is 0 Å². The van der Waals surface area contributed by atoms with Gasteiger partial charge in [-0.2, -0.15) is 0 Å². The fourth-order valence-electron chi connectivity index (χ4n) is 2.19. The number of aryl methyl sites for hydroxylation is 1. The summed E-state index contributed by atoms with van der Waals surface area (Å²) >= 11 is 13.3. The molecule has 3 rings (SSSR count). The van der Waals surface area contributed by atoms with Gasteiger partial charge < -0.3 is 4.74 Å². The summed E-state index contributed by atoms with van der Waals surface area (Å²) in [5, 5.41) is 9.83. The van der Waals surface area contributed by atoms with E-state index in [4.69, 9.17) is 27.9 Å². The number of hydrogen-bond acceptors (Lipinski definition) is 5. The second-order valence-corrected chi connectivity index (χ2v) is 7.28. The summed E-state index contributed by atoms with van der Waals surface area (Å²) < 4.78 is 7.04. The van der Waals surface area contributed by atoms with Crippen LogP contribution in [0.25, 0.3) is 5.69 Å². The first-order valence-electron chi connectivity index (χ1n) is 7.72. The van der Waals surface area contributed by atoms with Gasteiger partial charge >= 0.3 is 5.97 Å². The van der Waals surface area contributed by atoms with Gasteiger partial charge in [0.25, 0.3) is 0 Å². The molecule has 1 aromatic heterocycles. The molecular formula is C18H15Cl2N3O2S. The summed E-state index contributed by atoms with van der Waals surface area (Å²) in [5.74, 6) is -0.217. The number of rotatable bonds is 6. The molecule has 5 nitrogen and oxygen atoms in total. The Morgan fingerprint density at radius 3 is 2.85 bits per heavy atom. The van der Waals surface area contributed by atoms with Crippen LogP contribution in [0.3, 0.4) is 0 Å². The molecule has 2 aromatic carbocycles. The van der Waals surface area contributed by atoms with Gasteiger partial charge in [-0.05, 0) is 42.3 Å². The SMILES string of the molecule is Cc1ccc(-n2cnnc2SCC(=O)OCc2cccc(Cl)c2)cc1Cl. The number of esters is 1. The molecule has 26 heavy (non-hydrogen) atoms. The standard InChI is InChI=1S/C18H15Cl2N3O2S/c1-12-5-6-15(8-16(12)20)23-11-21-22-18(23)26-10-17(24)25-9-13-3-2-4-14(19)7-13/h2-8,11H,9-10H2,1H3. The van der Waals surface area contributed by atoms with Gasteiger partial charge in [-0.1, -0.05) is 53.2 Å². The van der Waals surface area contributed by atoms with E-state index in [1.54, 1.807) is 23.0 Å². The Labute approximate surface area is 165 Å². The Hall–Kier alpha value is -2.02. The Morgan fingerprint density at radius 1 is 1.23 bits per heavy atom. The molecule has 0 atom stereocenters. The quantitative estimate of drug-likeness (QED) is 0.437. The lowest BCUT2D eigenvalue weighted by Gasteiger charge is -2.08. The zero-order chi connectivity index (χ0) is 18.5. The number of halogens is 2. The van der Waals surface area contributed by atoms with Crippen LogP contribution in [-0.2, 0) is 16.1 Å². The van der Waals surface area contributed by atoms with Gasteiger partial charge in [0, 0.05) is 10.0 Å². The Kier molecular flexibility index (Phi) is 6.19. The van der Waals surface area contributed by atoms with E-state index >= 15 is 0 Å². The van der Waals surface area contributed by atoms with Crippen molar-refractivity contribution in [1.82, 2.24) is 14.8 Å². The highest BCUT2D eigenvalue weighted by Crippen LogP contribution is 2.24. The largest absolute Gasteiger partial charge is 0.460 e. The molecule has 0 bridgehead atoms. The van der Waals surface area contributed by atoms with Crippen molar-refractivity contribution in [2.24, 2.45) is 0 Å². The first kappa shape index (κ1) is 18.8. The second kappa shape index (κ2) is 8.58. The molecule has 3 aromatic rings. The molecule has 0 amide bonds. The number of carbonyl (C=O) groups excluding carboxylic acids is 1. The highest BCUT2D eigenvalue weighted by atomic mass is 35.5. The van der Waals surface area contributed by atoms with Crippen molar-refractivity contribution in [1.29, 1.82) is 0 Å². The first-order chi connectivity index (χ1) is 12.5. The van der Waals surface area contributed by atoms with E-state index < -0.39 is 0 Å². The molecular weight excluding hydrogens is 393 g/mol. The average molecular weight is 408 g/mol. The molecule has 8 heteroatoms. The maximum absolute atomic E-state index is 12.0. The highest BCUT2D eigenvalue weighted by Gasteiger charge is 2.12. The van der Waals surface area contributed by atoms with Gasteiger partial charge in [-0.3, -0.25) is 9.36 Å². The lowest BCUT2D eigenvalue weighted by Crippen LogP contribution is -2.08. The number of benzene rings is 2. The highest BCUT2D eigenvalue weighted by molar-refractivity contribution is 7.99. The minimum absolute atomic E-state index is 0.124. The van der Waals surface area contributed by atoms with Gasteiger partial charge in [0.05, 0.1) is 11.4 Å². The summed E-state index contributed by atoms with van der Waals surface area (Å²) in [6, 6.07) is 12.9. The predicted octanol–water partition coefficient (Wildman–Crippen LogP) is 4.72. The molecule has 0 N–H and O–H groups in total. The summed E-state index contributed by atoms with van der Waals surface area (Å²) in [6.07, 6.45) is 1.58. The van der Waals surface area contributed by atoms with E-state index in [2.05, 4.69) is 10.2 Å². The van der Waals surface area contributed by atoms with Crippen LogP contribution in [0, 0.1) is 6.92 Å². The summed E-state index contributed by atoms with van der Waals surface area (Å²) in [6.45, 7) is 2.12. The molecule has 0 aliphatic rings. The molecule has 0 spiro atoms. The molecule has 0 aliphatic carbocycles. The first-order valence-corrected chi connectivity index (χ1v) is 9.46. The summed E-state index contributed by atoms with van der Waals surface area (Å²) in [4.78, 5) is 12.0. The Balaban J connectivity index is 1.59. The number of carbonyl (C=O) groups is 1. The second-order valence-electron chi connectivity index (χ2n) is 5.50. The molecule has 1 heterocycles. The van der Waals surface area contributed by atoms with Crippen LogP contribution in [0.15, 0.2) is 53.9 Å². The van der Waals surface area contributed by atoms with Gasteiger partial charge in [0.1, 0.15) is 12.9 Å². The minimum atomic E-state index is -0.341. The predicted molar refractivity (Wildman–Crippen MR) is 103 cm³/mol. The van der Waals surface area contributed by atoms with E-state index in [0.717, 1.165) is 16.8 Å². The third kappa shape index (κ3) is 4.78. The Bertz CT molecular complexity index is 930. The van der Waals surface area contributed by atoms with Gasteiger partial charge in [0.15, 0.2) is 5.16 Å². The maximum Gasteiger partial charge on any atom is 0.316 e. The molecule has 0 aliphatic heterocycles. The van der Waals surface area contributed by atoms with E-state index in [1.165, 1.54) is 11.8 Å². The smallest absolute Gasteiger partial charge is 0.316 e.